The lowest BCUT2D eigenvalue weighted by Gasteiger charge is -2.38. The SMILES string of the molecule is CCCC1CCC(NC(=O)C2(CC)CCCNC2)CC1. The maximum absolute atomic E-state index is 12.7. The molecule has 2 N–H and O–H groups in total. The van der Waals surface area contributed by atoms with Crippen molar-refractivity contribution >= 4 is 5.91 Å². The van der Waals surface area contributed by atoms with Crippen molar-refractivity contribution in [3.63, 3.8) is 0 Å². The van der Waals surface area contributed by atoms with Crippen molar-refractivity contribution < 1.29 is 4.79 Å². The summed E-state index contributed by atoms with van der Waals surface area (Å²) in [5, 5.41) is 6.77. The molecule has 0 bridgehead atoms. The highest BCUT2D eigenvalue weighted by Crippen LogP contribution is 2.32. The Morgan fingerprint density at radius 1 is 1.25 bits per heavy atom. The van der Waals surface area contributed by atoms with Crippen molar-refractivity contribution in [2.75, 3.05) is 13.1 Å². The molecule has 2 aliphatic rings. The zero-order valence-corrected chi connectivity index (χ0v) is 13.3. The van der Waals surface area contributed by atoms with Crippen LogP contribution in [0.5, 0.6) is 0 Å². The number of carbonyl (C=O) groups is 1. The van der Waals surface area contributed by atoms with Crippen molar-refractivity contribution in [1.29, 1.82) is 0 Å². The molecule has 1 aliphatic carbocycles. The van der Waals surface area contributed by atoms with E-state index in [1.807, 2.05) is 0 Å². The fourth-order valence-corrected chi connectivity index (χ4v) is 3.97. The molecule has 1 saturated heterocycles. The van der Waals surface area contributed by atoms with E-state index in [1.165, 1.54) is 38.5 Å². The van der Waals surface area contributed by atoms with E-state index < -0.39 is 0 Å². The van der Waals surface area contributed by atoms with Gasteiger partial charge in [-0.15, -0.1) is 0 Å². The maximum Gasteiger partial charge on any atom is 0.227 e. The van der Waals surface area contributed by atoms with E-state index in [0.29, 0.717) is 11.9 Å². The van der Waals surface area contributed by atoms with Gasteiger partial charge >= 0.3 is 0 Å². The second-order valence-electron chi connectivity index (χ2n) is 6.89. The lowest BCUT2D eigenvalue weighted by atomic mass is 9.76. The Hall–Kier alpha value is -0.570. The zero-order chi connectivity index (χ0) is 14.4. The molecule has 3 nitrogen and oxygen atoms in total. The standard InChI is InChI=1S/C17H32N2O/c1-3-6-14-7-9-15(10-8-14)19-16(20)17(4-2)11-5-12-18-13-17/h14-15,18H,3-13H2,1-2H3,(H,19,20). The van der Waals surface area contributed by atoms with Crippen LogP contribution in [0.25, 0.3) is 0 Å². The molecule has 0 aromatic heterocycles. The highest BCUT2D eigenvalue weighted by atomic mass is 16.2. The first-order chi connectivity index (χ1) is 9.70. The number of rotatable bonds is 5. The van der Waals surface area contributed by atoms with Gasteiger partial charge in [0, 0.05) is 12.6 Å². The van der Waals surface area contributed by atoms with Crippen molar-refractivity contribution in [1.82, 2.24) is 10.6 Å². The summed E-state index contributed by atoms with van der Waals surface area (Å²) < 4.78 is 0. The molecule has 2 rings (SSSR count). The largest absolute Gasteiger partial charge is 0.353 e. The van der Waals surface area contributed by atoms with Crippen LogP contribution in [-0.4, -0.2) is 25.0 Å². The van der Waals surface area contributed by atoms with Crippen LogP contribution < -0.4 is 10.6 Å². The minimum absolute atomic E-state index is 0.140. The van der Waals surface area contributed by atoms with Gasteiger partial charge in [0.15, 0.2) is 0 Å². The van der Waals surface area contributed by atoms with E-state index in [2.05, 4.69) is 24.5 Å². The third-order valence-corrected chi connectivity index (χ3v) is 5.51. The maximum atomic E-state index is 12.7. The third-order valence-electron chi connectivity index (χ3n) is 5.51. The average Bonchev–Trinajstić information content (AvgIpc) is 2.50. The van der Waals surface area contributed by atoms with Crippen LogP contribution in [-0.2, 0) is 4.79 Å². The lowest BCUT2D eigenvalue weighted by molar-refractivity contribution is -0.133. The van der Waals surface area contributed by atoms with Gasteiger partial charge in [0.2, 0.25) is 5.91 Å². The highest BCUT2D eigenvalue weighted by molar-refractivity contribution is 5.83. The highest BCUT2D eigenvalue weighted by Gasteiger charge is 2.38. The topological polar surface area (TPSA) is 41.1 Å². The molecule has 2 fully saturated rings. The molecule has 1 amide bonds. The summed E-state index contributed by atoms with van der Waals surface area (Å²) in [6.45, 7) is 6.36. The van der Waals surface area contributed by atoms with Gasteiger partial charge in [-0.05, 0) is 57.4 Å². The Bertz CT molecular complexity index is 302. The Kier molecular flexibility index (Phi) is 5.88. The summed E-state index contributed by atoms with van der Waals surface area (Å²) >= 11 is 0. The molecular weight excluding hydrogens is 248 g/mol. The first kappa shape index (κ1) is 15.8. The summed E-state index contributed by atoms with van der Waals surface area (Å²) in [4.78, 5) is 12.7. The Morgan fingerprint density at radius 3 is 2.55 bits per heavy atom. The molecule has 1 unspecified atom stereocenters. The molecule has 1 atom stereocenters. The summed E-state index contributed by atoms with van der Waals surface area (Å²) in [6, 6.07) is 0.431. The molecule has 1 saturated carbocycles. The molecule has 1 aliphatic heterocycles. The van der Waals surface area contributed by atoms with Crippen LogP contribution in [0.2, 0.25) is 0 Å². The second-order valence-corrected chi connectivity index (χ2v) is 6.89. The lowest BCUT2D eigenvalue weighted by Crippen LogP contribution is -2.52. The third kappa shape index (κ3) is 3.75. The van der Waals surface area contributed by atoms with Crippen LogP contribution in [0, 0.1) is 11.3 Å². The number of nitrogens with one attached hydrogen (secondary N) is 2. The first-order valence-electron chi connectivity index (χ1n) is 8.72. The normalized spacial score (nSPS) is 34.7. The predicted octanol–water partition coefficient (Wildman–Crippen LogP) is 3.24. The fraction of sp³-hybridized carbons (Fsp3) is 0.941. The second kappa shape index (κ2) is 7.44. The van der Waals surface area contributed by atoms with Gasteiger partial charge in [0.05, 0.1) is 5.41 Å². The van der Waals surface area contributed by atoms with Gasteiger partial charge in [0.1, 0.15) is 0 Å². The predicted molar refractivity (Wildman–Crippen MR) is 83.6 cm³/mol. The van der Waals surface area contributed by atoms with Gasteiger partial charge in [-0.2, -0.15) is 0 Å². The summed E-state index contributed by atoms with van der Waals surface area (Å²) in [5.41, 5.74) is -0.140. The van der Waals surface area contributed by atoms with E-state index in [-0.39, 0.29) is 5.41 Å². The quantitative estimate of drug-likeness (QED) is 0.811. The zero-order valence-electron chi connectivity index (χ0n) is 13.3. The Labute approximate surface area is 124 Å². The van der Waals surface area contributed by atoms with Gasteiger partial charge in [-0.3, -0.25) is 4.79 Å². The number of carbonyl (C=O) groups excluding carboxylic acids is 1. The van der Waals surface area contributed by atoms with Gasteiger partial charge in [-0.25, -0.2) is 0 Å². The fourth-order valence-electron chi connectivity index (χ4n) is 3.97. The number of hydrogen-bond donors (Lipinski definition) is 2. The Balaban J connectivity index is 1.82. The van der Waals surface area contributed by atoms with E-state index in [9.17, 15) is 4.79 Å². The number of piperidine rings is 1. The molecule has 0 aromatic rings. The molecule has 116 valence electrons. The van der Waals surface area contributed by atoms with Gasteiger partial charge in [0.25, 0.3) is 0 Å². The molecular formula is C17H32N2O. The van der Waals surface area contributed by atoms with Crippen molar-refractivity contribution in [2.24, 2.45) is 11.3 Å². The minimum atomic E-state index is -0.140. The van der Waals surface area contributed by atoms with Crippen molar-refractivity contribution in [3.05, 3.63) is 0 Å². The average molecular weight is 280 g/mol. The number of hydrogen-bond acceptors (Lipinski definition) is 2. The summed E-state index contributed by atoms with van der Waals surface area (Å²) in [7, 11) is 0. The molecule has 0 radical (unpaired) electrons. The molecule has 1 heterocycles. The monoisotopic (exact) mass is 280 g/mol. The smallest absolute Gasteiger partial charge is 0.227 e. The summed E-state index contributed by atoms with van der Waals surface area (Å²) in [5.74, 6) is 1.22. The van der Waals surface area contributed by atoms with Gasteiger partial charge < -0.3 is 10.6 Å². The summed E-state index contributed by atoms with van der Waals surface area (Å²) in [6.07, 6.45) is 10.8. The molecule has 3 heteroatoms. The van der Waals surface area contributed by atoms with Crippen LogP contribution in [0.4, 0.5) is 0 Å². The molecule has 0 spiro atoms. The van der Waals surface area contributed by atoms with E-state index >= 15 is 0 Å². The van der Waals surface area contributed by atoms with E-state index in [4.69, 9.17) is 0 Å². The van der Waals surface area contributed by atoms with Crippen LogP contribution in [0.3, 0.4) is 0 Å². The van der Waals surface area contributed by atoms with Crippen molar-refractivity contribution in [3.8, 4) is 0 Å². The molecule has 20 heavy (non-hydrogen) atoms. The van der Waals surface area contributed by atoms with Crippen LogP contribution in [0.15, 0.2) is 0 Å². The Morgan fingerprint density at radius 2 is 2.00 bits per heavy atom. The van der Waals surface area contributed by atoms with Crippen molar-refractivity contribution in [2.45, 2.75) is 77.7 Å². The van der Waals surface area contributed by atoms with Crippen LogP contribution in [0.1, 0.15) is 71.6 Å². The minimum Gasteiger partial charge on any atom is -0.353 e. The van der Waals surface area contributed by atoms with E-state index in [1.54, 1.807) is 0 Å². The molecule has 0 aromatic carbocycles. The first-order valence-corrected chi connectivity index (χ1v) is 8.72. The van der Waals surface area contributed by atoms with E-state index in [0.717, 1.165) is 38.3 Å². The van der Waals surface area contributed by atoms with Crippen LogP contribution >= 0.6 is 0 Å². The number of amides is 1. The van der Waals surface area contributed by atoms with Gasteiger partial charge in [-0.1, -0.05) is 26.7 Å².